The summed E-state index contributed by atoms with van der Waals surface area (Å²) in [7, 11) is 1.28. The Balaban J connectivity index is 2.49. The van der Waals surface area contributed by atoms with Crippen molar-refractivity contribution in [1.29, 1.82) is 0 Å². The van der Waals surface area contributed by atoms with Gasteiger partial charge in [0, 0.05) is 18.0 Å². The molecule has 2 rings (SSSR count). The molecule has 1 aromatic rings. The molecule has 0 bridgehead atoms. The Hall–Kier alpha value is -2.17. The van der Waals surface area contributed by atoms with Crippen LogP contribution < -0.4 is 5.32 Å². The molecule has 5 heteroatoms. The van der Waals surface area contributed by atoms with Gasteiger partial charge in [0.25, 0.3) is 0 Å². The van der Waals surface area contributed by atoms with Crippen molar-refractivity contribution in [3.05, 3.63) is 46.9 Å². The molecule has 0 saturated heterocycles. The average molecular weight is 263 g/mol. The Bertz CT molecular complexity index is 566. The van der Waals surface area contributed by atoms with Crippen LogP contribution in [0.25, 0.3) is 0 Å². The maximum Gasteiger partial charge on any atom is 0.336 e. The lowest BCUT2D eigenvalue weighted by molar-refractivity contribution is -0.136. The number of methoxy groups -OCH3 is 1. The summed E-state index contributed by atoms with van der Waals surface area (Å²) in [6.07, 6.45) is 0.102. The minimum Gasteiger partial charge on any atom is -0.466 e. The summed E-state index contributed by atoms with van der Waals surface area (Å²) >= 11 is 0. The number of rotatable bonds is 2. The van der Waals surface area contributed by atoms with Crippen LogP contribution >= 0.6 is 0 Å². The highest BCUT2D eigenvalue weighted by Crippen LogP contribution is 2.33. The first-order valence-electron chi connectivity index (χ1n) is 5.87. The highest BCUT2D eigenvalue weighted by molar-refractivity contribution is 5.95. The van der Waals surface area contributed by atoms with Crippen LogP contribution in [-0.4, -0.2) is 19.0 Å². The summed E-state index contributed by atoms with van der Waals surface area (Å²) in [4.78, 5) is 23.4. The molecule has 1 heterocycles. The Morgan fingerprint density at radius 3 is 2.84 bits per heavy atom. The molecular formula is C14H14FNO3. The highest BCUT2D eigenvalue weighted by Gasteiger charge is 2.32. The number of nitrogens with one attached hydrogen (secondary N) is 1. The second kappa shape index (κ2) is 5.22. The van der Waals surface area contributed by atoms with E-state index in [2.05, 4.69) is 5.32 Å². The molecule has 1 amide bonds. The fraction of sp³-hybridized carbons (Fsp3) is 0.286. The molecule has 4 nitrogen and oxygen atoms in total. The fourth-order valence-corrected chi connectivity index (χ4v) is 2.29. The summed E-state index contributed by atoms with van der Waals surface area (Å²) in [6, 6.07) is 5.91. The first kappa shape index (κ1) is 13.3. The van der Waals surface area contributed by atoms with E-state index < -0.39 is 17.7 Å². The van der Waals surface area contributed by atoms with Crippen molar-refractivity contribution in [3.8, 4) is 0 Å². The summed E-state index contributed by atoms with van der Waals surface area (Å²) in [5.74, 6) is -1.58. The van der Waals surface area contributed by atoms with Crippen LogP contribution in [0.2, 0.25) is 0 Å². The lowest BCUT2D eigenvalue weighted by Crippen LogP contribution is -2.34. The van der Waals surface area contributed by atoms with E-state index in [1.165, 1.54) is 19.2 Å². The van der Waals surface area contributed by atoms with Gasteiger partial charge in [-0.3, -0.25) is 4.79 Å². The van der Waals surface area contributed by atoms with Crippen molar-refractivity contribution in [2.24, 2.45) is 0 Å². The zero-order valence-corrected chi connectivity index (χ0v) is 10.7. The van der Waals surface area contributed by atoms with Crippen molar-refractivity contribution >= 4 is 11.9 Å². The second-order valence-electron chi connectivity index (χ2n) is 4.39. The number of halogens is 1. The molecular weight excluding hydrogens is 249 g/mol. The highest BCUT2D eigenvalue weighted by atomic mass is 19.1. The smallest absolute Gasteiger partial charge is 0.336 e. The molecule has 0 fully saturated rings. The largest absolute Gasteiger partial charge is 0.466 e. The van der Waals surface area contributed by atoms with E-state index in [4.69, 9.17) is 4.74 Å². The number of hydrogen-bond donors (Lipinski definition) is 1. The van der Waals surface area contributed by atoms with E-state index in [1.54, 1.807) is 19.1 Å². The maximum absolute atomic E-state index is 13.3. The zero-order chi connectivity index (χ0) is 14.0. The molecule has 0 spiro atoms. The van der Waals surface area contributed by atoms with Crippen LogP contribution in [0.15, 0.2) is 35.5 Å². The van der Waals surface area contributed by atoms with Gasteiger partial charge >= 0.3 is 5.97 Å². The molecule has 1 aliphatic heterocycles. The Labute approximate surface area is 110 Å². The van der Waals surface area contributed by atoms with Crippen LogP contribution in [0.4, 0.5) is 4.39 Å². The van der Waals surface area contributed by atoms with Crippen molar-refractivity contribution in [2.45, 2.75) is 19.3 Å². The van der Waals surface area contributed by atoms with Crippen molar-refractivity contribution in [1.82, 2.24) is 5.32 Å². The van der Waals surface area contributed by atoms with E-state index >= 15 is 0 Å². The van der Waals surface area contributed by atoms with Crippen molar-refractivity contribution in [2.75, 3.05) is 7.11 Å². The van der Waals surface area contributed by atoms with E-state index in [1.807, 2.05) is 0 Å². The number of esters is 1. The number of allylic oxidation sites excluding steroid dienone is 1. The molecule has 1 atom stereocenters. The van der Waals surface area contributed by atoms with Gasteiger partial charge in [0.05, 0.1) is 12.7 Å². The van der Waals surface area contributed by atoms with Gasteiger partial charge in [0.2, 0.25) is 5.91 Å². The predicted octanol–water partition coefficient (Wildman–Crippen LogP) is 1.88. The third kappa shape index (κ3) is 2.65. The predicted molar refractivity (Wildman–Crippen MR) is 66.6 cm³/mol. The van der Waals surface area contributed by atoms with E-state index in [9.17, 15) is 14.0 Å². The third-order valence-electron chi connectivity index (χ3n) is 3.13. The number of benzene rings is 1. The topological polar surface area (TPSA) is 55.4 Å². The van der Waals surface area contributed by atoms with Crippen LogP contribution in [0.1, 0.15) is 24.8 Å². The summed E-state index contributed by atoms with van der Waals surface area (Å²) < 4.78 is 18.0. The van der Waals surface area contributed by atoms with E-state index in [0.29, 0.717) is 16.8 Å². The monoisotopic (exact) mass is 263 g/mol. The first-order valence-corrected chi connectivity index (χ1v) is 5.87. The van der Waals surface area contributed by atoms with E-state index in [-0.39, 0.29) is 12.3 Å². The normalized spacial score (nSPS) is 19.1. The number of carbonyl (C=O) groups is 2. The SMILES string of the molecule is COC(=O)C1=C(C)NC(=O)C[C@H]1c1cccc(F)c1. The average Bonchev–Trinajstić information content (AvgIpc) is 2.37. The van der Waals surface area contributed by atoms with Gasteiger partial charge in [-0.15, -0.1) is 0 Å². The molecule has 100 valence electrons. The van der Waals surface area contributed by atoms with Gasteiger partial charge in [-0.25, -0.2) is 9.18 Å². The third-order valence-corrected chi connectivity index (χ3v) is 3.13. The maximum atomic E-state index is 13.3. The molecule has 0 radical (unpaired) electrons. The number of carbonyl (C=O) groups excluding carboxylic acids is 2. The standard InChI is InChI=1S/C14H14FNO3/c1-8-13(14(18)19-2)11(7-12(17)16-8)9-4-3-5-10(15)6-9/h3-6,11H,7H2,1-2H3,(H,16,17)/t11-/m0/s1. The molecule has 1 aromatic carbocycles. The Morgan fingerprint density at radius 1 is 1.47 bits per heavy atom. The summed E-state index contributed by atoms with van der Waals surface area (Å²) in [6.45, 7) is 1.63. The quantitative estimate of drug-likeness (QED) is 0.829. The molecule has 1 N–H and O–H groups in total. The first-order chi connectivity index (χ1) is 9.02. The minimum atomic E-state index is -0.508. The number of ether oxygens (including phenoxy) is 1. The fourth-order valence-electron chi connectivity index (χ4n) is 2.29. The van der Waals surface area contributed by atoms with Gasteiger partial charge in [-0.1, -0.05) is 12.1 Å². The number of hydrogen-bond acceptors (Lipinski definition) is 3. The minimum absolute atomic E-state index is 0.102. The zero-order valence-electron chi connectivity index (χ0n) is 10.7. The lowest BCUT2D eigenvalue weighted by Gasteiger charge is -2.26. The number of amides is 1. The van der Waals surface area contributed by atoms with Gasteiger partial charge in [-0.2, -0.15) is 0 Å². The summed E-state index contributed by atoms with van der Waals surface area (Å²) in [5, 5.41) is 2.61. The van der Waals surface area contributed by atoms with Crippen molar-refractivity contribution < 1.29 is 18.7 Å². The molecule has 19 heavy (non-hydrogen) atoms. The van der Waals surface area contributed by atoms with Gasteiger partial charge in [-0.05, 0) is 24.6 Å². The molecule has 0 saturated carbocycles. The van der Waals surface area contributed by atoms with Gasteiger partial charge in [0.15, 0.2) is 0 Å². The van der Waals surface area contributed by atoms with E-state index in [0.717, 1.165) is 0 Å². The van der Waals surface area contributed by atoms with Gasteiger partial charge < -0.3 is 10.1 Å². The Morgan fingerprint density at radius 2 is 2.21 bits per heavy atom. The second-order valence-corrected chi connectivity index (χ2v) is 4.39. The molecule has 1 aliphatic rings. The van der Waals surface area contributed by atoms with Crippen LogP contribution in [0.5, 0.6) is 0 Å². The molecule has 0 unspecified atom stereocenters. The van der Waals surface area contributed by atoms with Crippen LogP contribution in [0, 0.1) is 5.82 Å². The van der Waals surface area contributed by atoms with Crippen molar-refractivity contribution in [3.63, 3.8) is 0 Å². The van der Waals surface area contributed by atoms with Crippen LogP contribution in [-0.2, 0) is 14.3 Å². The Kier molecular flexibility index (Phi) is 3.64. The van der Waals surface area contributed by atoms with Gasteiger partial charge in [0.1, 0.15) is 5.82 Å². The molecule has 0 aliphatic carbocycles. The summed E-state index contributed by atoms with van der Waals surface area (Å²) in [5.41, 5.74) is 1.42. The lowest BCUT2D eigenvalue weighted by atomic mass is 9.84. The van der Waals surface area contributed by atoms with Crippen LogP contribution in [0.3, 0.4) is 0 Å². The molecule has 0 aromatic heterocycles.